The van der Waals surface area contributed by atoms with E-state index < -0.39 is 29.6 Å². The molecule has 1 fully saturated rings. The van der Waals surface area contributed by atoms with Crippen molar-refractivity contribution in [2.75, 3.05) is 13.2 Å². The van der Waals surface area contributed by atoms with Crippen LogP contribution in [-0.4, -0.2) is 13.2 Å². The molecule has 0 bridgehead atoms. The highest BCUT2D eigenvalue weighted by Crippen LogP contribution is 2.35. The normalized spacial score (nSPS) is 17.8. The summed E-state index contributed by atoms with van der Waals surface area (Å²) in [5.74, 6) is -3.60. The Morgan fingerprint density at radius 2 is 1.39 bits per heavy atom. The summed E-state index contributed by atoms with van der Waals surface area (Å²) < 4.78 is 70.5. The third kappa shape index (κ3) is 5.55. The fourth-order valence-electron chi connectivity index (χ4n) is 4.41. The molecule has 0 amide bonds. The molecular weight excluding hydrogens is 468 g/mol. The fraction of sp³-hybridized carbons (Fsp3) is 0.333. The first-order valence-electron chi connectivity index (χ1n) is 12.3. The second-order valence-corrected chi connectivity index (χ2v) is 9.14. The van der Waals surface area contributed by atoms with Gasteiger partial charge in [0, 0.05) is 22.6 Å². The lowest BCUT2D eigenvalue weighted by Gasteiger charge is -2.29. The van der Waals surface area contributed by atoms with Crippen molar-refractivity contribution in [3.8, 4) is 22.3 Å². The topological polar surface area (TPSA) is 18.5 Å². The molecule has 0 spiro atoms. The molecule has 1 saturated heterocycles. The minimum Gasteiger partial charge on any atom is -0.348 e. The molecule has 2 nitrogen and oxygen atoms in total. The summed E-state index contributed by atoms with van der Waals surface area (Å²) in [5.41, 5.74) is 1.41. The van der Waals surface area contributed by atoms with Crippen molar-refractivity contribution < 1.29 is 27.0 Å². The molecule has 3 aromatic rings. The molecule has 4 rings (SSSR count). The molecular formula is C30H30F4O2. The average molecular weight is 499 g/mol. The molecule has 0 unspecified atom stereocenters. The van der Waals surface area contributed by atoms with E-state index in [-0.39, 0.29) is 22.6 Å². The van der Waals surface area contributed by atoms with Gasteiger partial charge in [0.1, 0.15) is 0 Å². The zero-order valence-corrected chi connectivity index (χ0v) is 20.3. The van der Waals surface area contributed by atoms with E-state index in [0.29, 0.717) is 36.3 Å². The van der Waals surface area contributed by atoms with Crippen molar-refractivity contribution in [2.24, 2.45) is 5.92 Å². The van der Waals surface area contributed by atoms with E-state index in [1.54, 1.807) is 36.4 Å². The van der Waals surface area contributed by atoms with Crippen LogP contribution >= 0.6 is 0 Å². The number of allylic oxidation sites excluding steroid dienone is 1. The Morgan fingerprint density at radius 3 is 1.97 bits per heavy atom. The smallest absolute Gasteiger partial charge is 0.186 e. The van der Waals surface area contributed by atoms with Crippen molar-refractivity contribution in [2.45, 2.75) is 45.3 Å². The van der Waals surface area contributed by atoms with Gasteiger partial charge < -0.3 is 9.47 Å². The van der Waals surface area contributed by atoms with Crippen LogP contribution in [0.15, 0.2) is 61.2 Å². The van der Waals surface area contributed by atoms with Gasteiger partial charge in [-0.2, -0.15) is 0 Å². The van der Waals surface area contributed by atoms with Crippen molar-refractivity contribution in [1.29, 1.82) is 0 Å². The Balaban J connectivity index is 1.52. The van der Waals surface area contributed by atoms with Gasteiger partial charge in [-0.3, -0.25) is 0 Å². The molecule has 1 aliphatic heterocycles. The van der Waals surface area contributed by atoms with Crippen molar-refractivity contribution in [1.82, 2.24) is 0 Å². The van der Waals surface area contributed by atoms with Crippen LogP contribution in [-0.2, 0) is 15.9 Å². The Hall–Kier alpha value is -2.96. The van der Waals surface area contributed by atoms with E-state index in [9.17, 15) is 13.2 Å². The van der Waals surface area contributed by atoms with Gasteiger partial charge in [-0.1, -0.05) is 68.0 Å². The van der Waals surface area contributed by atoms with Crippen LogP contribution in [0.2, 0.25) is 0 Å². The number of rotatable bonds is 9. The summed E-state index contributed by atoms with van der Waals surface area (Å²) in [6, 6.07) is 12.4. The summed E-state index contributed by atoms with van der Waals surface area (Å²) in [6.07, 6.45) is 4.71. The van der Waals surface area contributed by atoms with Crippen molar-refractivity contribution >= 4 is 0 Å². The van der Waals surface area contributed by atoms with Crippen LogP contribution in [0, 0.1) is 29.2 Å². The van der Waals surface area contributed by atoms with Crippen LogP contribution in [0.3, 0.4) is 0 Å². The SMILES string of the molecule is C=CCCC1COC(c2ccc(-c3ccc(-c4ccc(CCCC)c(F)c4F)cc3)c(F)c2F)OC1. The summed E-state index contributed by atoms with van der Waals surface area (Å²) in [6.45, 7) is 6.49. The highest BCUT2D eigenvalue weighted by Gasteiger charge is 2.28. The summed E-state index contributed by atoms with van der Waals surface area (Å²) >= 11 is 0. The maximum absolute atomic E-state index is 15.0. The average Bonchev–Trinajstić information content (AvgIpc) is 2.90. The van der Waals surface area contributed by atoms with Gasteiger partial charge in [0.2, 0.25) is 0 Å². The van der Waals surface area contributed by atoms with E-state index in [0.717, 1.165) is 25.7 Å². The maximum atomic E-state index is 15.0. The summed E-state index contributed by atoms with van der Waals surface area (Å²) in [4.78, 5) is 0. The van der Waals surface area contributed by atoms with E-state index in [1.165, 1.54) is 12.1 Å². The van der Waals surface area contributed by atoms with Gasteiger partial charge in [-0.15, -0.1) is 6.58 Å². The predicted octanol–water partition coefficient (Wildman–Crippen LogP) is 8.55. The Labute approximate surface area is 209 Å². The minimum atomic E-state index is -1.03. The quantitative estimate of drug-likeness (QED) is 0.217. The minimum absolute atomic E-state index is 0.00995. The highest BCUT2D eigenvalue weighted by molar-refractivity contribution is 5.71. The summed E-state index contributed by atoms with van der Waals surface area (Å²) in [7, 11) is 0. The van der Waals surface area contributed by atoms with Crippen LogP contribution in [0.25, 0.3) is 22.3 Å². The molecule has 0 saturated carbocycles. The van der Waals surface area contributed by atoms with E-state index in [1.807, 2.05) is 13.0 Å². The third-order valence-electron chi connectivity index (χ3n) is 6.58. The first kappa shape index (κ1) is 26.1. The third-order valence-corrected chi connectivity index (χ3v) is 6.58. The largest absolute Gasteiger partial charge is 0.348 e. The second kappa shape index (κ2) is 11.8. The maximum Gasteiger partial charge on any atom is 0.186 e. The van der Waals surface area contributed by atoms with Crippen LogP contribution in [0.1, 0.15) is 50.0 Å². The fourth-order valence-corrected chi connectivity index (χ4v) is 4.41. The molecule has 190 valence electrons. The molecule has 1 heterocycles. The van der Waals surface area contributed by atoms with Crippen LogP contribution in [0.4, 0.5) is 17.6 Å². The molecule has 36 heavy (non-hydrogen) atoms. The molecule has 0 atom stereocenters. The van der Waals surface area contributed by atoms with Gasteiger partial charge in [-0.25, -0.2) is 17.6 Å². The van der Waals surface area contributed by atoms with Gasteiger partial charge >= 0.3 is 0 Å². The Bertz CT molecular complexity index is 1200. The number of ether oxygens (including phenoxy) is 2. The number of hydrogen-bond donors (Lipinski definition) is 0. The molecule has 3 aromatic carbocycles. The molecule has 0 radical (unpaired) electrons. The number of benzene rings is 3. The molecule has 0 N–H and O–H groups in total. The standard InChI is InChI=1S/C30H30F4O2/c1-3-5-7-19-17-35-30(36-18-19)25-16-15-24(28(33)29(25)34)21-11-9-20(10-12-21)23-14-13-22(8-6-4-2)26(31)27(23)32/h3,9-16,19,30H,1,4-8,17-18H2,2H3. The van der Waals surface area contributed by atoms with E-state index >= 15 is 4.39 Å². The van der Waals surface area contributed by atoms with Crippen molar-refractivity contribution in [3.05, 3.63) is 95.6 Å². The lowest BCUT2D eigenvalue weighted by Crippen LogP contribution is -2.27. The summed E-state index contributed by atoms with van der Waals surface area (Å²) in [5, 5.41) is 0. The van der Waals surface area contributed by atoms with Gasteiger partial charge in [0.05, 0.1) is 13.2 Å². The van der Waals surface area contributed by atoms with Gasteiger partial charge in [0.15, 0.2) is 29.6 Å². The number of halogens is 4. The second-order valence-electron chi connectivity index (χ2n) is 9.14. The first-order chi connectivity index (χ1) is 17.4. The molecule has 0 aromatic heterocycles. The Morgan fingerprint density at radius 1 is 0.806 bits per heavy atom. The first-order valence-corrected chi connectivity index (χ1v) is 12.3. The lowest BCUT2D eigenvalue weighted by atomic mass is 9.97. The molecule has 6 heteroatoms. The zero-order chi connectivity index (χ0) is 25.7. The van der Waals surface area contributed by atoms with Crippen molar-refractivity contribution in [3.63, 3.8) is 0 Å². The van der Waals surface area contributed by atoms with Gasteiger partial charge in [0.25, 0.3) is 0 Å². The zero-order valence-electron chi connectivity index (χ0n) is 20.3. The van der Waals surface area contributed by atoms with Crippen LogP contribution < -0.4 is 0 Å². The highest BCUT2D eigenvalue weighted by atomic mass is 19.2. The predicted molar refractivity (Wildman–Crippen MR) is 133 cm³/mol. The van der Waals surface area contributed by atoms with E-state index in [2.05, 4.69) is 6.58 Å². The Kier molecular flexibility index (Phi) is 8.60. The van der Waals surface area contributed by atoms with E-state index in [4.69, 9.17) is 9.47 Å². The van der Waals surface area contributed by atoms with Gasteiger partial charge in [-0.05, 0) is 42.4 Å². The molecule has 1 aliphatic rings. The monoisotopic (exact) mass is 498 g/mol. The number of aryl methyl sites for hydroxylation is 1. The lowest BCUT2D eigenvalue weighted by molar-refractivity contribution is -0.207. The number of unbranched alkanes of at least 4 members (excludes halogenated alkanes) is 1. The molecule has 0 aliphatic carbocycles. The van der Waals surface area contributed by atoms with Crippen LogP contribution in [0.5, 0.6) is 0 Å². The number of hydrogen-bond acceptors (Lipinski definition) is 2.